The van der Waals surface area contributed by atoms with E-state index in [1.165, 1.54) is 11.3 Å². The van der Waals surface area contributed by atoms with Gasteiger partial charge in [0.2, 0.25) is 0 Å². The Hall–Kier alpha value is -2.93. The van der Waals surface area contributed by atoms with Crippen LogP contribution in [0.2, 0.25) is 0 Å². The molecule has 1 amide bonds. The van der Waals surface area contributed by atoms with Crippen LogP contribution in [0.15, 0.2) is 41.5 Å². The third kappa shape index (κ3) is 4.13. The van der Waals surface area contributed by atoms with E-state index in [1.807, 2.05) is 38.1 Å². The topological polar surface area (TPSA) is 86.6 Å². The van der Waals surface area contributed by atoms with Crippen molar-refractivity contribution < 1.29 is 9.90 Å². The molecule has 1 heterocycles. The summed E-state index contributed by atoms with van der Waals surface area (Å²) in [5.41, 5.74) is 5.73. The second-order valence-electron chi connectivity index (χ2n) is 5.64. The van der Waals surface area contributed by atoms with E-state index in [0.717, 1.165) is 26.9 Å². The first kappa shape index (κ1) is 16.9. The lowest BCUT2D eigenvalue weighted by atomic mass is 10.1. The highest BCUT2D eigenvalue weighted by Gasteiger charge is 2.05. The van der Waals surface area contributed by atoms with Gasteiger partial charge in [-0.05, 0) is 54.8 Å². The molecule has 6 nitrogen and oxygen atoms in total. The molecule has 0 fully saturated rings. The second-order valence-corrected chi connectivity index (χ2v) is 6.67. The van der Waals surface area contributed by atoms with Gasteiger partial charge in [-0.15, -0.1) is 0 Å². The second kappa shape index (κ2) is 7.31. The molecule has 0 saturated carbocycles. The summed E-state index contributed by atoms with van der Waals surface area (Å²) in [6.45, 7) is 3.73. The molecule has 7 heteroatoms. The maximum Gasteiger partial charge on any atom is 0.259 e. The van der Waals surface area contributed by atoms with Gasteiger partial charge in [0, 0.05) is 0 Å². The van der Waals surface area contributed by atoms with E-state index >= 15 is 0 Å². The Balaban J connectivity index is 1.54. The van der Waals surface area contributed by atoms with Gasteiger partial charge in [-0.3, -0.25) is 4.79 Å². The normalized spacial score (nSPS) is 11.1. The Morgan fingerprint density at radius 1 is 1.28 bits per heavy atom. The van der Waals surface area contributed by atoms with Crippen LogP contribution in [0.5, 0.6) is 5.75 Å². The third-order valence-electron chi connectivity index (χ3n) is 3.61. The number of carbonyl (C=O) groups excluding carboxylic acids is 1. The monoisotopic (exact) mass is 354 g/mol. The van der Waals surface area contributed by atoms with E-state index in [1.54, 1.807) is 18.3 Å². The number of hydrogen-bond donors (Lipinski definition) is 3. The number of phenols is 1. The zero-order valence-electron chi connectivity index (χ0n) is 13.9. The number of aromatic nitrogens is 1. The molecule has 3 N–H and O–H groups in total. The van der Waals surface area contributed by atoms with Crippen LogP contribution in [-0.2, 0) is 4.79 Å². The lowest BCUT2D eigenvalue weighted by molar-refractivity contribution is -0.119. The van der Waals surface area contributed by atoms with E-state index in [0.29, 0.717) is 5.13 Å². The average molecular weight is 354 g/mol. The Morgan fingerprint density at radius 3 is 2.72 bits per heavy atom. The van der Waals surface area contributed by atoms with Crippen molar-refractivity contribution in [3.8, 4) is 5.75 Å². The molecule has 0 radical (unpaired) electrons. The molecular formula is C18H18N4O2S. The molecule has 3 rings (SSSR count). The molecule has 0 aliphatic rings. The van der Waals surface area contributed by atoms with Crippen LogP contribution in [0.1, 0.15) is 16.7 Å². The molecule has 2 aromatic carbocycles. The highest BCUT2D eigenvalue weighted by molar-refractivity contribution is 7.22. The van der Waals surface area contributed by atoms with E-state index < -0.39 is 0 Å². The number of carbonyl (C=O) groups is 1. The number of benzene rings is 2. The molecule has 0 aliphatic carbocycles. The Labute approximate surface area is 149 Å². The van der Waals surface area contributed by atoms with Crippen molar-refractivity contribution in [1.82, 2.24) is 10.4 Å². The molecule has 0 atom stereocenters. The smallest absolute Gasteiger partial charge is 0.259 e. The van der Waals surface area contributed by atoms with Crippen molar-refractivity contribution in [1.29, 1.82) is 0 Å². The van der Waals surface area contributed by atoms with E-state index in [2.05, 4.69) is 20.8 Å². The number of hydrazone groups is 1. The van der Waals surface area contributed by atoms with Gasteiger partial charge in [-0.2, -0.15) is 5.10 Å². The molecule has 0 saturated heterocycles. The summed E-state index contributed by atoms with van der Waals surface area (Å²) < 4.78 is 1.07. The van der Waals surface area contributed by atoms with Crippen molar-refractivity contribution in [3.05, 3.63) is 53.1 Å². The van der Waals surface area contributed by atoms with Crippen LogP contribution < -0.4 is 10.7 Å². The van der Waals surface area contributed by atoms with Crippen molar-refractivity contribution in [2.45, 2.75) is 13.8 Å². The minimum absolute atomic E-state index is 0.0881. The van der Waals surface area contributed by atoms with Gasteiger partial charge in [0.05, 0.1) is 23.0 Å². The number of aromatic hydroxyl groups is 1. The summed E-state index contributed by atoms with van der Waals surface area (Å²) in [6.07, 6.45) is 1.55. The van der Waals surface area contributed by atoms with Crippen LogP contribution >= 0.6 is 11.3 Å². The van der Waals surface area contributed by atoms with Crippen molar-refractivity contribution in [2.24, 2.45) is 5.10 Å². The van der Waals surface area contributed by atoms with E-state index in [9.17, 15) is 9.90 Å². The lowest BCUT2D eigenvalue weighted by Gasteiger charge is -2.04. The predicted octanol–water partition coefficient (Wildman–Crippen LogP) is 3.18. The van der Waals surface area contributed by atoms with Gasteiger partial charge in [-0.25, -0.2) is 10.4 Å². The summed E-state index contributed by atoms with van der Waals surface area (Å²) >= 11 is 1.50. The number of aryl methyl sites for hydroxylation is 2. The quantitative estimate of drug-likeness (QED) is 0.485. The SMILES string of the molecule is Cc1cc(/C=N/NC(=O)CNc2nc3ccccc3s2)cc(C)c1O. The predicted molar refractivity (Wildman–Crippen MR) is 101 cm³/mol. The standard InChI is InChI=1S/C18H18N4O2S/c1-11-7-13(8-12(2)17(11)24)9-20-22-16(23)10-19-18-21-14-5-3-4-6-15(14)25-18/h3-9,24H,10H2,1-2H3,(H,19,21)(H,22,23)/b20-9+. The summed E-state index contributed by atoms with van der Waals surface area (Å²) in [6, 6.07) is 11.4. The first-order chi connectivity index (χ1) is 12.0. The van der Waals surface area contributed by atoms with E-state index in [4.69, 9.17) is 0 Å². The molecular weight excluding hydrogens is 336 g/mol. The summed E-state index contributed by atoms with van der Waals surface area (Å²) in [7, 11) is 0. The number of nitrogens with one attached hydrogen (secondary N) is 2. The van der Waals surface area contributed by atoms with Crippen molar-refractivity contribution in [2.75, 3.05) is 11.9 Å². The molecule has 128 valence electrons. The van der Waals surface area contributed by atoms with Crippen LogP contribution in [0.3, 0.4) is 0 Å². The first-order valence-corrected chi connectivity index (χ1v) is 8.56. The number of rotatable bonds is 5. The van der Waals surface area contributed by atoms with Gasteiger partial charge in [0.1, 0.15) is 5.75 Å². The minimum atomic E-state index is -0.261. The van der Waals surface area contributed by atoms with Gasteiger partial charge >= 0.3 is 0 Å². The molecule has 3 aromatic rings. The van der Waals surface area contributed by atoms with Gasteiger partial charge in [0.15, 0.2) is 5.13 Å². The lowest BCUT2D eigenvalue weighted by Crippen LogP contribution is -2.25. The molecule has 1 aromatic heterocycles. The Bertz CT molecular complexity index is 893. The summed E-state index contributed by atoms with van der Waals surface area (Å²) in [5.74, 6) is 0.0175. The van der Waals surface area contributed by atoms with Crippen molar-refractivity contribution in [3.63, 3.8) is 0 Å². The number of anilines is 1. The van der Waals surface area contributed by atoms with Gasteiger partial charge < -0.3 is 10.4 Å². The molecule has 0 unspecified atom stereocenters. The average Bonchev–Trinajstić information content (AvgIpc) is 3.01. The number of amides is 1. The van der Waals surface area contributed by atoms with Crippen LogP contribution in [-0.4, -0.2) is 28.8 Å². The Morgan fingerprint density at radius 2 is 2.00 bits per heavy atom. The van der Waals surface area contributed by atoms with Gasteiger partial charge in [-0.1, -0.05) is 23.5 Å². The van der Waals surface area contributed by atoms with Crippen molar-refractivity contribution >= 4 is 38.8 Å². The fourth-order valence-corrected chi connectivity index (χ4v) is 3.25. The number of phenolic OH excluding ortho intramolecular Hbond substituents is 1. The summed E-state index contributed by atoms with van der Waals surface area (Å²) in [4.78, 5) is 16.3. The van der Waals surface area contributed by atoms with Crippen LogP contribution in [0.4, 0.5) is 5.13 Å². The zero-order chi connectivity index (χ0) is 17.8. The molecule has 0 aliphatic heterocycles. The van der Waals surface area contributed by atoms with Crippen LogP contribution in [0.25, 0.3) is 10.2 Å². The summed E-state index contributed by atoms with van der Waals surface area (Å²) in [5, 5.41) is 17.4. The molecule has 25 heavy (non-hydrogen) atoms. The largest absolute Gasteiger partial charge is 0.507 e. The molecule has 0 bridgehead atoms. The number of nitrogens with zero attached hydrogens (tertiary/aromatic N) is 2. The van der Waals surface area contributed by atoms with Gasteiger partial charge in [0.25, 0.3) is 5.91 Å². The fourth-order valence-electron chi connectivity index (χ4n) is 2.39. The third-order valence-corrected chi connectivity index (χ3v) is 4.60. The molecule has 0 spiro atoms. The van der Waals surface area contributed by atoms with Crippen LogP contribution in [0, 0.1) is 13.8 Å². The zero-order valence-corrected chi connectivity index (χ0v) is 14.7. The fraction of sp³-hybridized carbons (Fsp3) is 0.167. The number of fused-ring (bicyclic) bond motifs is 1. The highest BCUT2D eigenvalue weighted by atomic mass is 32.1. The first-order valence-electron chi connectivity index (χ1n) is 7.74. The Kier molecular flexibility index (Phi) is 4.95. The number of hydrogen-bond acceptors (Lipinski definition) is 6. The number of para-hydroxylation sites is 1. The maximum atomic E-state index is 11.9. The maximum absolute atomic E-state index is 11.9. The highest BCUT2D eigenvalue weighted by Crippen LogP contribution is 2.25. The van der Waals surface area contributed by atoms with E-state index in [-0.39, 0.29) is 18.2 Å². The minimum Gasteiger partial charge on any atom is -0.507 e. The number of thiazole rings is 1.